The van der Waals surface area contributed by atoms with E-state index in [0.29, 0.717) is 54.9 Å². The molecule has 1 saturated heterocycles. The molecular weight excluding hydrogens is 641 g/mol. The van der Waals surface area contributed by atoms with E-state index >= 15 is 0 Å². The molecule has 0 radical (unpaired) electrons. The molecule has 0 aromatic heterocycles. The summed E-state index contributed by atoms with van der Waals surface area (Å²) in [7, 11) is 0. The Morgan fingerprint density at radius 2 is 1.39 bits per heavy atom. The van der Waals surface area contributed by atoms with Crippen LogP contribution >= 0.6 is 11.8 Å². The van der Waals surface area contributed by atoms with Crippen LogP contribution in [0.4, 0.5) is 22.7 Å². The molecule has 0 unspecified atom stereocenters. The third-order valence-electron chi connectivity index (χ3n) is 7.98. The van der Waals surface area contributed by atoms with Gasteiger partial charge in [-0.2, -0.15) is 0 Å². The zero-order valence-electron chi connectivity index (χ0n) is 27.4. The van der Waals surface area contributed by atoms with Gasteiger partial charge in [-0.1, -0.05) is 48.5 Å². The molecule has 0 spiro atoms. The lowest BCUT2D eigenvalue weighted by Crippen LogP contribution is -2.31. The molecule has 6 N–H and O–H groups in total. The summed E-state index contributed by atoms with van der Waals surface area (Å²) in [4.78, 5) is 37.3. The van der Waals surface area contributed by atoms with Gasteiger partial charge in [0.2, 0.25) is 17.7 Å². The number of thioether (sulfide) groups is 1. The molecule has 256 valence electrons. The summed E-state index contributed by atoms with van der Waals surface area (Å²) < 4.78 is 12.9. The quantitative estimate of drug-likeness (QED) is 0.0532. The summed E-state index contributed by atoms with van der Waals surface area (Å²) in [5, 5.41) is 18.0. The minimum absolute atomic E-state index is 0.0255. The topological polar surface area (TPSA) is 152 Å². The number of carbonyl (C=O) groups excluding carboxylic acids is 3. The number of anilines is 4. The Bertz CT molecular complexity index is 1700. The van der Waals surface area contributed by atoms with Crippen LogP contribution in [0.15, 0.2) is 102 Å². The van der Waals surface area contributed by atoms with E-state index in [-0.39, 0.29) is 36.5 Å². The average Bonchev–Trinajstić information content (AvgIpc) is 3.11. The number of para-hydroxylation sites is 2. The van der Waals surface area contributed by atoms with E-state index in [0.717, 1.165) is 27.3 Å². The second kappa shape index (κ2) is 17.6. The fourth-order valence-corrected chi connectivity index (χ4v) is 6.31. The number of aliphatic hydroxyl groups excluding tert-OH is 1. The van der Waals surface area contributed by atoms with E-state index in [2.05, 4.69) is 16.0 Å². The minimum Gasteiger partial charge on any atom is -0.397 e. The first-order valence-electron chi connectivity index (χ1n) is 16.3. The van der Waals surface area contributed by atoms with Crippen LogP contribution in [0.3, 0.4) is 0 Å². The first-order valence-corrected chi connectivity index (χ1v) is 17.3. The van der Waals surface area contributed by atoms with Gasteiger partial charge in [-0.15, -0.1) is 11.8 Å². The number of unbranched alkanes of at least 4 members (excludes halogenated alkanes) is 1. The van der Waals surface area contributed by atoms with Crippen LogP contribution in [0.25, 0.3) is 0 Å². The lowest BCUT2D eigenvalue weighted by molar-refractivity contribution is -0.245. The molecule has 1 heterocycles. The van der Waals surface area contributed by atoms with Crippen LogP contribution in [-0.2, 0) is 30.5 Å². The Labute approximate surface area is 290 Å². The van der Waals surface area contributed by atoms with E-state index in [1.54, 1.807) is 23.9 Å². The van der Waals surface area contributed by atoms with E-state index in [9.17, 15) is 19.5 Å². The molecule has 3 amide bonds. The van der Waals surface area contributed by atoms with Crippen molar-refractivity contribution in [1.82, 2.24) is 0 Å². The molecule has 11 heteroatoms. The van der Waals surface area contributed by atoms with Crippen LogP contribution in [0.1, 0.15) is 68.1 Å². The third kappa shape index (κ3) is 10.9. The summed E-state index contributed by atoms with van der Waals surface area (Å²) in [6.45, 7) is 1.46. The van der Waals surface area contributed by atoms with Gasteiger partial charge in [0.1, 0.15) is 0 Å². The first-order chi connectivity index (χ1) is 23.7. The van der Waals surface area contributed by atoms with Crippen LogP contribution < -0.4 is 21.7 Å². The molecule has 3 atom stereocenters. The summed E-state index contributed by atoms with van der Waals surface area (Å²) in [5.41, 5.74) is 11.1. The van der Waals surface area contributed by atoms with E-state index in [1.165, 1.54) is 6.92 Å². The normalized spacial score (nSPS) is 17.2. The maximum absolute atomic E-state index is 12.6. The number of amides is 3. The number of carbonyl (C=O) groups is 3. The molecule has 10 nitrogen and oxygen atoms in total. The maximum Gasteiger partial charge on any atom is 0.224 e. The molecule has 1 aliphatic heterocycles. The molecule has 49 heavy (non-hydrogen) atoms. The van der Waals surface area contributed by atoms with Crippen LogP contribution in [0, 0.1) is 0 Å². The lowest BCUT2D eigenvalue weighted by Gasteiger charge is -2.36. The van der Waals surface area contributed by atoms with E-state index in [4.69, 9.17) is 15.2 Å². The van der Waals surface area contributed by atoms with Crippen molar-refractivity contribution >= 4 is 52.2 Å². The van der Waals surface area contributed by atoms with Gasteiger partial charge >= 0.3 is 0 Å². The van der Waals surface area contributed by atoms with Gasteiger partial charge in [0.15, 0.2) is 6.29 Å². The second-order valence-electron chi connectivity index (χ2n) is 11.9. The minimum atomic E-state index is -0.619. The van der Waals surface area contributed by atoms with Gasteiger partial charge in [0, 0.05) is 53.8 Å². The Morgan fingerprint density at radius 3 is 2.04 bits per heavy atom. The predicted molar refractivity (Wildman–Crippen MR) is 193 cm³/mol. The fraction of sp³-hybridized carbons (Fsp3) is 0.289. The van der Waals surface area contributed by atoms with Crippen molar-refractivity contribution in [1.29, 1.82) is 0 Å². The third-order valence-corrected chi connectivity index (χ3v) is 9.13. The highest BCUT2D eigenvalue weighted by molar-refractivity contribution is 7.99. The van der Waals surface area contributed by atoms with E-state index in [1.807, 2.05) is 84.9 Å². The first kappa shape index (κ1) is 35.6. The van der Waals surface area contributed by atoms with Crippen molar-refractivity contribution in [3.8, 4) is 0 Å². The highest BCUT2D eigenvalue weighted by atomic mass is 32.2. The number of nitrogens with one attached hydrogen (secondary N) is 3. The van der Waals surface area contributed by atoms with Crippen LogP contribution in [0.2, 0.25) is 0 Å². The Kier molecular flexibility index (Phi) is 12.8. The molecule has 4 aromatic carbocycles. The Morgan fingerprint density at radius 1 is 0.776 bits per heavy atom. The molecular formula is C38H42N4O6S. The molecule has 0 bridgehead atoms. The van der Waals surface area contributed by atoms with Crippen molar-refractivity contribution in [2.75, 3.05) is 27.4 Å². The summed E-state index contributed by atoms with van der Waals surface area (Å²) in [5.74, 6) is 0.323. The molecule has 5 rings (SSSR count). The van der Waals surface area contributed by atoms with Crippen LogP contribution in [-0.4, -0.2) is 34.7 Å². The van der Waals surface area contributed by atoms with Gasteiger partial charge in [-0.3, -0.25) is 14.4 Å². The van der Waals surface area contributed by atoms with Gasteiger partial charge in [-0.05, 0) is 72.5 Å². The van der Waals surface area contributed by atoms with Gasteiger partial charge in [0.05, 0.1) is 30.2 Å². The monoisotopic (exact) mass is 682 g/mol. The van der Waals surface area contributed by atoms with Crippen molar-refractivity contribution in [2.45, 2.75) is 69.0 Å². The number of nitrogen functional groups attached to an aromatic ring is 1. The lowest BCUT2D eigenvalue weighted by atomic mass is 10.0. The van der Waals surface area contributed by atoms with Crippen molar-refractivity contribution < 1.29 is 29.0 Å². The Hall–Kier alpha value is -4.68. The zero-order chi connectivity index (χ0) is 34.6. The van der Waals surface area contributed by atoms with Crippen molar-refractivity contribution in [2.24, 2.45) is 0 Å². The second-order valence-corrected chi connectivity index (χ2v) is 13.0. The van der Waals surface area contributed by atoms with Gasteiger partial charge in [-0.25, -0.2) is 0 Å². The standard InChI is InChI=1S/C38H42N4O6S/c1-25(44)40-29-18-20-32(21-19-29)49-24-31-22-35(27-12-10-26(23-43)11-13-27)48-38(47-31)28-14-16-30(17-15-28)41-36(45)8-4-5-9-37(46)42-34-7-3-2-6-33(34)39/h2-3,6-7,10-21,31,35,38,43H,4-5,8-9,22-24,39H2,1H3,(H,40,44)(H,41,45)(H,42,46)/t31-,35+,38+/m1/s1. The number of hydrogen-bond acceptors (Lipinski definition) is 8. The summed E-state index contributed by atoms with van der Waals surface area (Å²) in [6, 6.07) is 30.0. The molecule has 0 saturated carbocycles. The largest absolute Gasteiger partial charge is 0.397 e. The summed E-state index contributed by atoms with van der Waals surface area (Å²) >= 11 is 1.67. The van der Waals surface area contributed by atoms with Gasteiger partial charge < -0.3 is 36.3 Å². The highest BCUT2D eigenvalue weighted by Gasteiger charge is 2.32. The zero-order valence-corrected chi connectivity index (χ0v) is 28.2. The average molecular weight is 683 g/mol. The number of ether oxygens (including phenoxy) is 2. The van der Waals surface area contributed by atoms with E-state index < -0.39 is 6.29 Å². The molecule has 4 aromatic rings. The van der Waals surface area contributed by atoms with Crippen LogP contribution in [0.5, 0.6) is 0 Å². The summed E-state index contributed by atoms with van der Waals surface area (Å²) in [6.07, 6.45) is 1.45. The maximum atomic E-state index is 12.6. The fourth-order valence-electron chi connectivity index (χ4n) is 5.39. The highest BCUT2D eigenvalue weighted by Crippen LogP contribution is 2.39. The van der Waals surface area contributed by atoms with Gasteiger partial charge in [0.25, 0.3) is 0 Å². The molecule has 1 fully saturated rings. The van der Waals surface area contributed by atoms with Crippen molar-refractivity contribution in [3.05, 3.63) is 114 Å². The number of hydrogen-bond donors (Lipinski definition) is 5. The smallest absolute Gasteiger partial charge is 0.224 e. The van der Waals surface area contributed by atoms with Crippen molar-refractivity contribution in [3.63, 3.8) is 0 Å². The number of rotatable bonds is 14. The predicted octanol–water partition coefficient (Wildman–Crippen LogP) is 7.19. The number of benzene rings is 4. The SMILES string of the molecule is CC(=O)Nc1ccc(SC[C@H]2C[C@@H](c3ccc(CO)cc3)O[C@@H](c3ccc(NC(=O)CCCCC(=O)Nc4ccccc4N)cc3)O2)cc1. The molecule has 1 aliphatic rings. The molecule has 0 aliphatic carbocycles. The Balaban J connectivity index is 1.14. The number of nitrogens with two attached hydrogens (primary N) is 1. The number of aliphatic hydroxyl groups is 1.